The van der Waals surface area contributed by atoms with E-state index in [0.717, 1.165) is 23.8 Å². The molecule has 0 saturated carbocycles. The highest BCUT2D eigenvalue weighted by Crippen LogP contribution is 2.23. The van der Waals surface area contributed by atoms with E-state index in [-0.39, 0.29) is 29.7 Å². The molecule has 0 spiro atoms. The number of halogens is 1. The minimum atomic E-state index is 0. The average molecular weight is 501 g/mol. The van der Waals surface area contributed by atoms with Gasteiger partial charge in [0, 0.05) is 52.1 Å². The number of rotatable bonds is 7. The summed E-state index contributed by atoms with van der Waals surface area (Å²) in [7, 11) is 7.32. The Morgan fingerprint density at radius 1 is 1.36 bits per heavy atom. The van der Waals surface area contributed by atoms with E-state index in [1.54, 1.807) is 20.2 Å². The number of aliphatic imine (C=N–C) groups is 1. The Hall–Kier alpha value is -1.97. The van der Waals surface area contributed by atoms with Gasteiger partial charge in [-0.1, -0.05) is 19.9 Å². The quantitative estimate of drug-likeness (QED) is 0.347. The molecule has 0 radical (unpaired) electrons. The predicted molar refractivity (Wildman–Crippen MR) is 124 cm³/mol. The molecule has 1 heterocycles. The van der Waals surface area contributed by atoms with E-state index in [9.17, 15) is 5.11 Å². The van der Waals surface area contributed by atoms with Gasteiger partial charge in [-0.05, 0) is 24.0 Å². The number of methoxy groups -OCH3 is 1. The first-order chi connectivity index (χ1) is 12.8. The Labute approximate surface area is 184 Å². The van der Waals surface area contributed by atoms with Crippen LogP contribution in [0.1, 0.15) is 36.6 Å². The van der Waals surface area contributed by atoms with Crippen LogP contribution in [0.5, 0.6) is 11.5 Å². The molecule has 0 fully saturated rings. The number of aromatic nitrogens is 2. The first-order valence-electron chi connectivity index (χ1n) is 9.15. The Balaban J connectivity index is 0.00000392. The van der Waals surface area contributed by atoms with Gasteiger partial charge in [0.1, 0.15) is 11.5 Å². The van der Waals surface area contributed by atoms with Crippen molar-refractivity contribution in [1.82, 2.24) is 20.0 Å². The number of phenolic OH excluding ortho intramolecular Hbond substituents is 1. The summed E-state index contributed by atoms with van der Waals surface area (Å²) in [5.74, 6) is 2.08. The Kier molecular flexibility index (Phi) is 9.57. The minimum Gasteiger partial charge on any atom is -0.508 e. The predicted octanol–water partition coefficient (Wildman–Crippen LogP) is 3.13. The lowest BCUT2D eigenvalue weighted by atomic mass is 10.1. The maximum absolute atomic E-state index is 10.1. The maximum Gasteiger partial charge on any atom is 0.193 e. The van der Waals surface area contributed by atoms with Gasteiger partial charge in [-0.2, -0.15) is 5.10 Å². The van der Waals surface area contributed by atoms with E-state index >= 15 is 0 Å². The lowest BCUT2D eigenvalue weighted by Gasteiger charge is -2.22. The summed E-state index contributed by atoms with van der Waals surface area (Å²) in [6, 6.07) is 5.37. The van der Waals surface area contributed by atoms with E-state index in [1.807, 2.05) is 30.9 Å². The van der Waals surface area contributed by atoms with Crippen LogP contribution in [0, 0.1) is 0 Å². The number of nitrogens with zero attached hydrogens (tertiary/aromatic N) is 4. The molecule has 28 heavy (non-hydrogen) atoms. The van der Waals surface area contributed by atoms with E-state index < -0.39 is 0 Å². The summed E-state index contributed by atoms with van der Waals surface area (Å²) in [5.41, 5.74) is 3.18. The molecule has 2 rings (SSSR count). The number of hydrogen-bond donors (Lipinski definition) is 2. The monoisotopic (exact) mass is 501 g/mol. The lowest BCUT2D eigenvalue weighted by Crippen LogP contribution is -2.39. The number of phenols is 1. The van der Waals surface area contributed by atoms with Gasteiger partial charge in [0.2, 0.25) is 0 Å². The largest absolute Gasteiger partial charge is 0.508 e. The molecule has 1 aromatic carbocycles. The second kappa shape index (κ2) is 11.1. The smallest absolute Gasteiger partial charge is 0.193 e. The third kappa shape index (κ3) is 6.29. The molecule has 2 aromatic rings. The van der Waals surface area contributed by atoms with Gasteiger partial charge in [0.05, 0.1) is 12.8 Å². The molecule has 0 aliphatic rings. The van der Waals surface area contributed by atoms with Gasteiger partial charge >= 0.3 is 0 Å². The number of aromatic hydroxyl groups is 1. The molecule has 156 valence electrons. The Bertz CT molecular complexity index is 789. The molecule has 2 N–H and O–H groups in total. The van der Waals surface area contributed by atoms with Crippen LogP contribution in [0.25, 0.3) is 0 Å². The number of guanidine groups is 1. The van der Waals surface area contributed by atoms with E-state index in [0.29, 0.717) is 24.6 Å². The highest BCUT2D eigenvalue weighted by atomic mass is 127. The van der Waals surface area contributed by atoms with Gasteiger partial charge in [0.25, 0.3) is 0 Å². The molecule has 0 bridgehead atoms. The number of ether oxygens (including phenoxy) is 1. The van der Waals surface area contributed by atoms with Crippen molar-refractivity contribution in [1.29, 1.82) is 0 Å². The second-order valence-corrected chi connectivity index (χ2v) is 6.94. The van der Waals surface area contributed by atoms with Crippen LogP contribution < -0.4 is 10.1 Å². The van der Waals surface area contributed by atoms with Crippen LogP contribution in [0.15, 0.2) is 29.4 Å². The van der Waals surface area contributed by atoms with E-state index in [4.69, 9.17) is 4.74 Å². The van der Waals surface area contributed by atoms with E-state index in [1.165, 1.54) is 5.56 Å². The zero-order valence-corrected chi connectivity index (χ0v) is 19.9. The first-order valence-corrected chi connectivity index (χ1v) is 9.15. The molecule has 0 saturated heterocycles. The summed E-state index contributed by atoms with van der Waals surface area (Å²) >= 11 is 0. The fourth-order valence-electron chi connectivity index (χ4n) is 3.07. The molecule has 0 amide bonds. The molecule has 0 atom stereocenters. The molecular formula is C20H32IN5O2. The van der Waals surface area contributed by atoms with Crippen molar-refractivity contribution in [2.45, 2.75) is 32.7 Å². The standard InChI is InChI=1S/C20H31N5O2.HI/c1-14(2)19-16(13-25(5)23-19)12-24(4)20(21-3)22-10-9-15-7-8-17(27-6)11-18(15)26;/h7-8,11,13-14,26H,9-10,12H2,1-6H3,(H,21,22);1H. The minimum absolute atomic E-state index is 0. The number of aryl methyl sites for hydroxylation is 1. The van der Waals surface area contributed by atoms with Gasteiger partial charge < -0.3 is 20.1 Å². The molecule has 8 heteroatoms. The van der Waals surface area contributed by atoms with Crippen molar-refractivity contribution in [3.63, 3.8) is 0 Å². The maximum atomic E-state index is 10.1. The highest BCUT2D eigenvalue weighted by molar-refractivity contribution is 14.0. The summed E-state index contributed by atoms with van der Waals surface area (Å²) in [4.78, 5) is 6.45. The van der Waals surface area contributed by atoms with Crippen molar-refractivity contribution in [3.05, 3.63) is 41.2 Å². The SMILES string of the molecule is CN=C(NCCc1ccc(OC)cc1O)N(C)Cc1cn(C)nc1C(C)C.I. The molecule has 0 unspecified atom stereocenters. The highest BCUT2D eigenvalue weighted by Gasteiger charge is 2.15. The zero-order chi connectivity index (χ0) is 20.0. The van der Waals surface area contributed by atoms with Crippen molar-refractivity contribution in [3.8, 4) is 11.5 Å². The van der Waals surface area contributed by atoms with Crippen LogP contribution >= 0.6 is 24.0 Å². The van der Waals surface area contributed by atoms with Crippen LogP contribution in [0.3, 0.4) is 0 Å². The first kappa shape index (κ1) is 24.1. The molecule has 1 aromatic heterocycles. The third-order valence-corrected chi connectivity index (χ3v) is 4.43. The van der Waals surface area contributed by atoms with Crippen LogP contribution in [0.4, 0.5) is 0 Å². The van der Waals surface area contributed by atoms with Crippen LogP contribution in [-0.4, -0.2) is 53.5 Å². The number of nitrogens with one attached hydrogen (secondary N) is 1. The number of hydrogen-bond acceptors (Lipinski definition) is 4. The third-order valence-electron chi connectivity index (χ3n) is 4.43. The van der Waals surface area contributed by atoms with Crippen LogP contribution in [0.2, 0.25) is 0 Å². The van der Waals surface area contributed by atoms with Gasteiger partial charge in [-0.25, -0.2) is 0 Å². The Morgan fingerprint density at radius 2 is 2.07 bits per heavy atom. The van der Waals surface area contributed by atoms with E-state index in [2.05, 4.69) is 40.4 Å². The fourth-order valence-corrected chi connectivity index (χ4v) is 3.07. The number of benzene rings is 1. The molecule has 7 nitrogen and oxygen atoms in total. The average Bonchev–Trinajstić information content (AvgIpc) is 3.00. The topological polar surface area (TPSA) is 74.9 Å². The van der Waals surface area contributed by atoms with Gasteiger partial charge in [0.15, 0.2) is 5.96 Å². The summed E-state index contributed by atoms with van der Waals surface area (Å²) in [5, 5.41) is 18.0. The van der Waals surface area contributed by atoms with Crippen molar-refractivity contribution in [2.24, 2.45) is 12.0 Å². The second-order valence-electron chi connectivity index (χ2n) is 6.94. The Morgan fingerprint density at radius 3 is 2.64 bits per heavy atom. The zero-order valence-electron chi connectivity index (χ0n) is 17.6. The fraction of sp³-hybridized carbons (Fsp3) is 0.500. The molecule has 0 aliphatic heterocycles. The summed E-state index contributed by atoms with van der Waals surface area (Å²) in [6.07, 6.45) is 2.75. The van der Waals surface area contributed by atoms with Crippen LogP contribution in [-0.2, 0) is 20.0 Å². The normalized spacial score (nSPS) is 11.3. The molecular weight excluding hydrogens is 469 g/mol. The van der Waals surface area contributed by atoms with Crippen molar-refractivity contribution < 1.29 is 9.84 Å². The lowest BCUT2D eigenvalue weighted by molar-refractivity contribution is 0.406. The molecule has 0 aliphatic carbocycles. The summed E-state index contributed by atoms with van der Waals surface area (Å²) in [6.45, 7) is 5.70. The van der Waals surface area contributed by atoms with Crippen molar-refractivity contribution >= 4 is 29.9 Å². The summed E-state index contributed by atoms with van der Waals surface area (Å²) < 4.78 is 6.98. The van der Waals surface area contributed by atoms with Gasteiger partial charge in [-0.3, -0.25) is 9.67 Å². The van der Waals surface area contributed by atoms with Gasteiger partial charge in [-0.15, -0.1) is 24.0 Å². The van der Waals surface area contributed by atoms with Crippen molar-refractivity contribution in [2.75, 3.05) is 27.7 Å².